The fourth-order valence-corrected chi connectivity index (χ4v) is 4.77. The molecule has 0 radical (unpaired) electrons. The van der Waals surface area contributed by atoms with Crippen LogP contribution < -0.4 is 26.1 Å². The van der Waals surface area contributed by atoms with E-state index in [1.54, 1.807) is 36.4 Å². The van der Waals surface area contributed by atoms with E-state index in [0.29, 0.717) is 11.1 Å². The minimum absolute atomic E-state index is 0.0176. The van der Waals surface area contributed by atoms with Gasteiger partial charge in [0.2, 0.25) is 11.6 Å². The highest BCUT2D eigenvalue weighted by atomic mass is 16.6. The first kappa shape index (κ1) is 23.9. The number of nitrogens with one attached hydrogen (secondary N) is 2. The van der Waals surface area contributed by atoms with Crippen molar-refractivity contribution in [2.45, 2.75) is 18.2 Å². The van der Waals surface area contributed by atoms with Crippen LogP contribution in [0.3, 0.4) is 0 Å². The average molecular weight is 503 g/mol. The molecule has 0 saturated carbocycles. The van der Waals surface area contributed by atoms with Crippen LogP contribution in [0, 0.1) is 27.4 Å². The lowest BCUT2D eigenvalue weighted by Gasteiger charge is -2.36. The van der Waals surface area contributed by atoms with Crippen molar-refractivity contribution in [1.82, 2.24) is 10.9 Å². The lowest BCUT2D eigenvalue weighted by molar-refractivity contribution is -0.384. The Balaban J connectivity index is 1.64. The van der Waals surface area contributed by atoms with Crippen molar-refractivity contribution >= 4 is 11.7 Å². The lowest BCUT2D eigenvalue weighted by atomic mass is 9.73. The first-order valence-electron chi connectivity index (χ1n) is 11.2. The zero-order valence-corrected chi connectivity index (χ0v) is 19.4. The molecule has 0 spiro atoms. The molecule has 0 aliphatic carbocycles. The largest absolute Gasteiger partial charge is 0.493 e. The van der Waals surface area contributed by atoms with Crippen LogP contribution in [0.25, 0.3) is 0 Å². The van der Waals surface area contributed by atoms with Gasteiger partial charge in [0, 0.05) is 29.5 Å². The SMILES string of the molecule is COc1cccc(C2C(C#N)=C(N)OC3NNC(c4cccc([N+](=O)[O-])c4)C32)c1OC(=O)c1ccco1. The summed E-state index contributed by atoms with van der Waals surface area (Å²) in [5.74, 6) is -1.80. The van der Waals surface area contributed by atoms with E-state index in [2.05, 4.69) is 16.9 Å². The molecule has 5 rings (SSSR count). The summed E-state index contributed by atoms with van der Waals surface area (Å²) in [6.45, 7) is 0. The molecule has 1 aromatic heterocycles. The second-order valence-corrected chi connectivity index (χ2v) is 8.35. The molecule has 2 aliphatic heterocycles. The number of non-ortho nitro benzene ring substituents is 1. The number of fused-ring (bicyclic) bond motifs is 1. The van der Waals surface area contributed by atoms with Gasteiger partial charge in [-0.15, -0.1) is 0 Å². The molecule has 4 N–H and O–H groups in total. The van der Waals surface area contributed by atoms with Crippen LogP contribution in [-0.4, -0.2) is 24.2 Å². The number of furan rings is 1. The molecule has 0 amide bonds. The van der Waals surface area contributed by atoms with Gasteiger partial charge in [0.05, 0.1) is 29.9 Å². The molecule has 3 heterocycles. The summed E-state index contributed by atoms with van der Waals surface area (Å²) >= 11 is 0. The standard InChI is InChI=1S/C25H21N5O7/c1-34-17-8-3-7-15(22(17)36-25(31)18-9-4-10-35-18)19-16(12-26)23(27)37-24-20(19)21(28-29-24)13-5-2-6-14(11-13)30(32)33/h2-11,19-21,24,28-29H,27H2,1H3. The van der Waals surface area contributed by atoms with E-state index in [4.69, 9.17) is 24.4 Å². The summed E-state index contributed by atoms with van der Waals surface area (Å²) in [4.78, 5) is 23.7. The molecule has 1 fully saturated rings. The maximum absolute atomic E-state index is 12.8. The number of nitro benzene ring substituents is 1. The summed E-state index contributed by atoms with van der Waals surface area (Å²) in [6, 6.07) is 15.8. The van der Waals surface area contributed by atoms with Crippen molar-refractivity contribution < 1.29 is 28.3 Å². The van der Waals surface area contributed by atoms with Gasteiger partial charge in [0.15, 0.2) is 17.7 Å². The third-order valence-corrected chi connectivity index (χ3v) is 6.37. The van der Waals surface area contributed by atoms with E-state index in [-0.39, 0.29) is 34.4 Å². The molecule has 2 aromatic carbocycles. The number of hydrogen-bond acceptors (Lipinski definition) is 11. The Hall–Kier alpha value is -4.86. The van der Waals surface area contributed by atoms with Gasteiger partial charge in [-0.3, -0.25) is 10.1 Å². The molecule has 1 saturated heterocycles. The maximum atomic E-state index is 12.8. The Bertz CT molecular complexity index is 1430. The van der Waals surface area contributed by atoms with Crippen LogP contribution in [0.2, 0.25) is 0 Å². The number of carbonyl (C=O) groups is 1. The number of ether oxygens (including phenoxy) is 3. The van der Waals surface area contributed by atoms with Crippen LogP contribution in [0.5, 0.6) is 11.5 Å². The molecule has 2 aliphatic rings. The predicted molar refractivity (Wildman–Crippen MR) is 127 cm³/mol. The molecule has 12 nitrogen and oxygen atoms in total. The van der Waals surface area contributed by atoms with Crippen molar-refractivity contribution in [3.8, 4) is 17.6 Å². The fraction of sp³-hybridized carbons (Fsp3) is 0.200. The number of carbonyl (C=O) groups excluding carboxylic acids is 1. The number of hydrogen-bond donors (Lipinski definition) is 3. The Labute approximate surface area is 210 Å². The summed E-state index contributed by atoms with van der Waals surface area (Å²) in [6.07, 6.45) is 0.644. The number of para-hydroxylation sites is 1. The average Bonchev–Trinajstić information content (AvgIpc) is 3.59. The Morgan fingerprint density at radius 1 is 1.19 bits per heavy atom. The van der Waals surface area contributed by atoms with E-state index in [1.165, 1.54) is 31.6 Å². The summed E-state index contributed by atoms with van der Waals surface area (Å²) in [7, 11) is 1.43. The molecular weight excluding hydrogens is 482 g/mol. The second-order valence-electron chi connectivity index (χ2n) is 8.35. The van der Waals surface area contributed by atoms with Gasteiger partial charge in [-0.2, -0.15) is 5.26 Å². The van der Waals surface area contributed by atoms with Crippen molar-refractivity contribution in [2.75, 3.05) is 7.11 Å². The highest BCUT2D eigenvalue weighted by molar-refractivity contribution is 5.88. The van der Waals surface area contributed by atoms with Crippen molar-refractivity contribution in [3.05, 3.63) is 99.3 Å². The third kappa shape index (κ3) is 4.22. The first-order chi connectivity index (χ1) is 17.9. The quantitative estimate of drug-likeness (QED) is 0.195. The number of hydrazine groups is 1. The highest BCUT2D eigenvalue weighted by Crippen LogP contribution is 2.51. The number of nitriles is 1. The summed E-state index contributed by atoms with van der Waals surface area (Å²) in [5.41, 5.74) is 13.4. The maximum Gasteiger partial charge on any atom is 0.379 e. The molecule has 4 atom stereocenters. The first-order valence-corrected chi connectivity index (χ1v) is 11.2. The second kappa shape index (κ2) is 9.65. The van der Waals surface area contributed by atoms with Gasteiger partial charge in [-0.1, -0.05) is 24.3 Å². The minimum Gasteiger partial charge on any atom is -0.493 e. The van der Waals surface area contributed by atoms with E-state index in [9.17, 15) is 20.2 Å². The Morgan fingerprint density at radius 2 is 2.00 bits per heavy atom. The minimum atomic E-state index is -0.757. The predicted octanol–water partition coefficient (Wildman–Crippen LogP) is 3.01. The molecule has 37 heavy (non-hydrogen) atoms. The summed E-state index contributed by atoms with van der Waals surface area (Å²) in [5, 5.41) is 21.5. The lowest BCUT2D eigenvalue weighted by Crippen LogP contribution is -2.41. The molecule has 12 heteroatoms. The van der Waals surface area contributed by atoms with Crippen LogP contribution in [0.1, 0.15) is 33.6 Å². The van der Waals surface area contributed by atoms with Gasteiger partial charge in [-0.25, -0.2) is 15.6 Å². The van der Waals surface area contributed by atoms with Crippen molar-refractivity contribution in [1.29, 1.82) is 5.26 Å². The number of nitrogens with two attached hydrogens (primary N) is 1. The number of nitro groups is 1. The van der Waals surface area contributed by atoms with Crippen molar-refractivity contribution in [3.63, 3.8) is 0 Å². The number of esters is 1. The molecule has 0 bridgehead atoms. The van der Waals surface area contributed by atoms with Crippen LogP contribution in [0.15, 0.2) is 76.7 Å². The third-order valence-electron chi connectivity index (χ3n) is 6.37. The van der Waals surface area contributed by atoms with Gasteiger partial charge in [0.25, 0.3) is 5.69 Å². The zero-order chi connectivity index (χ0) is 26.1. The Kier molecular flexibility index (Phi) is 6.22. The van der Waals surface area contributed by atoms with E-state index < -0.39 is 35.0 Å². The monoisotopic (exact) mass is 503 g/mol. The zero-order valence-electron chi connectivity index (χ0n) is 19.4. The van der Waals surface area contributed by atoms with Crippen LogP contribution in [-0.2, 0) is 4.74 Å². The van der Waals surface area contributed by atoms with Crippen LogP contribution >= 0.6 is 0 Å². The smallest absolute Gasteiger partial charge is 0.379 e. The van der Waals surface area contributed by atoms with Crippen LogP contribution in [0.4, 0.5) is 5.69 Å². The van der Waals surface area contributed by atoms with Gasteiger partial charge in [-0.05, 0) is 23.8 Å². The van der Waals surface area contributed by atoms with Gasteiger partial charge >= 0.3 is 5.97 Å². The van der Waals surface area contributed by atoms with Gasteiger partial charge in [0.1, 0.15) is 6.07 Å². The van der Waals surface area contributed by atoms with E-state index in [0.717, 1.165) is 0 Å². The topological polar surface area (TPSA) is 175 Å². The van der Waals surface area contributed by atoms with E-state index >= 15 is 0 Å². The number of rotatable bonds is 6. The molecule has 4 unspecified atom stereocenters. The highest BCUT2D eigenvalue weighted by Gasteiger charge is 2.50. The molecular formula is C25H21N5O7. The Morgan fingerprint density at radius 3 is 2.70 bits per heavy atom. The van der Waals surface area contributed by atoms with E-state index in [1.807, 2.05) is 0 Å². The van der Waals surface area contributed by atoms with Crippen molar-refractivity contribution in [2.24, 2.45) is 11.7 Å². The number of allylic oxidation sites excluding steroid dienone is 1. The molecule has 188 valence electrons. The van der Waals surface area contributed by atoms with Gasteiger partial charge < -0.3 is 24.4 Å². The normalized spacial score (nSPS) is 22.5. The molecule has 3 aromatic rings. The fourth-order valence-electron chi connectivity index (χ4n) is 4.77. The number of nitrogens with zero attached hydrogens (tertiary/aromatic N) is 2. The number of benzene rings is 2. The summed E-state index contributed by atoms with van der Waals surface area (Å²) < 4.78 is 22.2. The number of methoxy groups -OCH3 is 1.